The van der Waals surface area contributed by atoms with Gasteiger partial charge in [0.2, 0.25) is 0 Å². The van der Waals surface area contributed by atoms with E-state index in [1.807, 2.05) is 4.90 Å². The first-order valence-electron chi connectivity index (χ1n) is 10.6. The molecule has 0 spiro atoms. The van der Waals surface area contributed by atoms with Crippen LogP contribution in [0.5, 0.6) is 5.75 Å². The summed E-state index contributed by atoms with van der Waals surface area (Å²) in [5.74, 6) is -0.0343. The topological polar surface area (TPSA) is 73.3 Å². The fraction of sp³-hybridized carbons (Fsp3) is 0.333. The fourth-order valence-corrected chi connectivity index (χ4v) is 4.39. The van der Waals surface area contributed by atoms with E-state index in [-0.39, 0.29) is 18.4 Å². The number of hydrogen-bond acceptors (Lipinski definition) is 6. The molecule has 0 aliphatic carbocycles. The van der Waals surface area contributed by atoms with E-state index in [0.717, 1.165) is 0 Å². The number of ether oxygens (including phenoxy) is 1. The van der Waals surface area contributed by atoms with Crippen molar-refractivity contribution in [1.82, 2.24) is 9.80 Å². The van der Waals surface area contributed by atoms with Crippen molar-refractivity contribution in [3.63, 3.8) is 0 Å². The molecule has 2 aliphatic heterocycles. The number of methoxy groups -OCH3 is 1. The fourth-order valence-electron chi connectivity index (χ4n) is 4.22. The van der Waals surface area contributed by atoms with Crippen LogP contribution in [-0.2, 0) is 9.59 Å². The second-order valence-electron chi connectivity index (χ2n) is 7.83. The van der Waals surface area contributed by atoms with Gasteiger partial charge in [-0.25, -0.2) is 4.90 Å². The maximum Gasteiger partial charge on any atom is 0.282 e. The summed E-state index contributed by atoms with van der Waals surface area (Å²) in [7, 11) is 1.58. The molecule has 8 heteroatoms. The quantitative estimate of drug-likeness (QED) is 0.675. The van der Waals surface area contributed by atoms with Gasteiger partial charge in [0.25, 0.3) is 11.8 Å². The smallest absolute Gasteiger partial charge is 0.282 e. The summed E-state index contributed by atoms with van der Waals surface area (Å²) in [6.45, 7) is 5.09. The number of aliphatic hydroxyl groups excluding tert-OH is 1. The van der Waals surface area contributed by atoms with Crippen molar-refractivity contribution in [3.05, 3.63) is 64.3 Å². The molecule has 2 aromatic rings. The molecule has 2 aliphatic rings. The molecule has 0 atom stereocenters. The highest BCUT2D eigenvalue weighted by Crippen LogP contribution is 2.38. The largest absolute Gasteiger partial charge is 0.497 e. The van der Waals surface area contributed by atoms with Gasteiger partial charge in [0.1, 0.15) is 11.4 Å². The molecule has 1 saturated heterocycles. The Bertz CT molecular complexity index is 1060. The zero-order chi connectivity index (χ0) is 22.8. The number of β-amino-alcohol motifs (C(OH)–C–C–N with tert-alkyl or cyclic N) is 1. The van der Waals surface area contributed by atoms with E-state index < -0.39 is 0 Å². The van der Waals surface area contributed by atoms with Crippen molar-refractivity contribution in [2.45, 2.75) is 6.92 Å². The molecule has 4 rings (SSSR count). The number of benzene rings is 2. The summed E-state index contributed by atoms with van der Waals surface area (Å²) < 4.78 is 5.25. The number of aliphatic hydroxyl groups is 1. The molecule has 32 heavy (non-hydrogen) atoms. The van der Waals surface area contributed by atoms with Crippen molar-refractivity contribution in [3.8, 4) is 5.75 Å². The number of hydrogen-bond donors (Lipinski definition) is 1. The minimum atomic E-state index is -0.363. The van der Waals surface area contributed by atoms with E-state index >= 15 is 0 Å². The number of nitrogens with zero attached hydrogens (tertiary/aromatic N) is 3. The first-order chi connectivity index (χ1) is 15.5. The van der Waals surface area contributed by atoms with Gasteiger partial charge in [0.15, 0.2) is 0 Å². The average molecular weight is 456 g/mol. The van der Waals surface area contributed by atoms with E-state index in [0.29, 0.717) is 71.6 Å². The maximum absolute atomic E-state index is 13.7. The number of carbonyl (C=O) groups is 2. The van der Waals surface area contributed by atoms with Crippen LogP contribution in [0.3, 0.4) is 0 Å². The van der Waals surface area contributed by atoms with Crippen LogP contribution in [0, 0.1) is 6.92 Å². The molecule has 0 saturated carbocycles. The molecule has 2 amide bonds. The Morgan fingerprint density at radius 3 is 2.31 bits per heavy atom. The molecule has 0 bridgehead atoms. The van der Waals surface area contributed by atoms with Crippen molar-refractivity contribution < 1.29 is 19.4 Å². The number of anilines is 1. The van der Waals surface area contributed by atoms with E-state index in [9.17, 15) is 14.7 Å². The molecule has 0 unspecified atom stereocenters. The molecule has 1 fully saturated rings. The van der Waals surface area contributed by atoms with Crippen molar-refractivity contribution in [2.75, 3.05) is 51.3 Å². The Kier molecular flexibility index (Phi) is 6.50. The van der Waals surface area contributed by atoms with Crippen LogP contribution >= 0.6 is 11.6 Å². The molecule has 2 heterocycles. The minimum Gasteiger partial charge on any atom is -0.497 e. The Morgan fingerprint density at radius 1 is 1.00 bits per heavy atom. The molecule has 1 N–H and O–H groups in total. The van der Waals surface area contributed by atoms with Crippen LogP contribution in [0.15, 0.2) is 48.2 Å². The van der Waals surface area contributed by atoms with Gasteiger partial charge in [0, 0.05) is 37.7 Å². The van der Waals surface area contributed by atoms with Gasteiger partial charge in [-0.05, 0) is 42.3 Å². The Balaban J connectivity index is 1.76. The second-order valence-corrected chi connectivity index (χ2v) is 8.24. The van der Waals surface area contributed by atoms with Gasteiger partial charge in [-0.2, -0.15) is 0 Å². The number of halogens is 1. The molecule has 2 aromatic carbocycles. The van der Waals surface area contributed by atoms with E-state index in [2.05, 4.69) is 4.90 Å². The summed E-state index contributed by atoms with van der Waals surface area (Å²) in [6.07, 6.45) is 0. The Morgan fingerprint density at radius 2 is 1.69 bits per heavy atom. The van der Waals surface area contributed by atoms with Gasteiger partial charge in [0.05, 0.1) is 25.0 Å². The molecule has 0 radical (unpaired) electrons. The molecule has 0 aromatic heterocycles. The summed E-state index contributed by atoms with van der Waals surface area (Å²) >= 11 is 6.29. The van der Waals surface area contributed by atoms with Crippen LogP contribution in [0.2, 0.25) is 5.02 Å². The molecule has 7 nitrogen and oxygen atoms in total. The lowest BCUT2D eigenvalue weighted by molar-refractivity contribution is -0.120. The standard InChI is InChI=1S/C24H26ClN3O4/c1-16-19(25)4-3-5-20(16)28-23(30)21(17-6-8-18(32-2)9-7-17)22(24(28)31)27-12-10-26(11-13-27)14-15-29/h3-9,29H,10-15H2,1-2H3. The number of rotatable bonds is 6. The highest BCUT2D eigenvalue weighted by atomic mass is 35.5. The van der Waals surface area contributed by atoms with Crippen LogP contribution in [0.25, 0.3) is 5.57 Å². The molecular weight excluding hydrogens is 430 g/mol. The third-order valence-electron chi connectivity index (χ3n) is 6.02. The van der Waals surface area contributed by atoms with Gasteiger partial charge >= 0.3 is 0 Å². The van der Waals surface area contributed by atoms with Crippen LogP contribution < -0.4 is 9.64 Å². The van der Waals surface area contributed by atoms with Crippen LogP contribution in [0.1, 0.15) is 11.1 Å². The first kappa shape index (κ1) is 22.3. The highest BCUT2D eigenvalue weighted by Gasteiger charge is 2.43. The minimum absolute atomic E-state index is 0.0963. The van der Waals surface area contributed by atoms with E-state index in [1.54, 1.807) is 56.5 Å². The zero-order valence-corrected chi connectivity index (χ0v) is 18.9. The highest BCUT2D eigenvalue weighted by molar-refractivity contribution is 6.46. The van der Waals surface area contributed by atoms with Gasteiger partial charge in [-0.15, -0.1) is 0 Å². The number of carbonyl (C=O) groups excluding carboxylic acids is 2. The molecular formula is C24H26ClN3O4. The predicted molar refractivity (Wildman–Crippen MR) is 124 cm³/mol. The normalized spacial score (nSPS) is 17.5. The monoisotopic (exact) mass is 455 g/mol. The summed E-state index contributed by atoms with van der Waals surface area (Å²) in [5.41, 5.74) is 2.63. The van der Waals surface area contributed by atoms with Crippen LogP contribution in [0.4, 0.5) is 5.69 Å². The lowest BCUT2D eigenvalue weighted by Crippen LogP contribution is -2.48. The summed E-state index contributed by atoms with van der Waals surface area (Å²) in [6, 6.07) is 12.4. The lowest BCUT2D eigenvalue weighted by atomic mass is 10.0. The second kappa shape index (κ2) is 9.32. The van der Waals surface area contributed by atoms with E-state index in [4.69, 9.17) is 16.3 Å². The predicted octanol–water partition coefficient (Wildman–Crippen LogP) is 2.55. The third-order valence-corrected chi connectivity index (χ3v) is 6.43. The van der Waals surface area contributed by atoms with Gasteiger partial charge in [-0.3, -0.25) is 14.5 Å². The van der Waals surface area contributed by atoms with E-state index in [1.165, 1.54) is 4.90 Å². The lowest BCUT2D eigenvalue weighted by Gasteiger charge is -2.36. The van der Waals surface area contributed by atoms with Gasteiger partial charge < -0.3 is 14.7 Å². The maximum atomic E-state index is 13.7. The van der Waals surface area contributed by atoms with Gasteiger partial charge in [-0.1, -0.05) is 29.8 Å². The number of imide groups is 1. The SMILES string of the molecule is COc1ccc(C2=C(N3CCN(CCO)CC3)C(=O)N(c3cccc(Cl)c3C)C2=O)cc1. The van der Waals surface area contributed by atoms with Crippen molar-refractivity contribution >= 4 is 34.7 Å². The zero-order valence-electron chi connectivity index (χ0n) is 18.2. The van der Waals surface area contributed by atoms with Crippen LogP contribution in [-0.4, -0.2) is 73.2 Å². The third kappa shape index (κ3) is 3.99. The summed E-state index contributed by atoms with van der Waals surface area (Å²) in [4.78, 5) is 32.7. The summed E-state index contributed by atoms with van der Waals surface area (Å²) in [5, 5.41) is 9.72. The average Bonchev–Trinajstić information content (AvgIpc) is 3.06. The Labute approximate surface area is 192 Å². The number of amides is 2. The molecule has 168 valence electrons. The number of piperazine rings is 1. The Hall–Kier alpha value is -2.87. The van der Waals surface area contributed by atoms with Crippen molar-refractivity contribution in [1.29, 1.82) is 0 Å². The first-order valence-corrected chi connectivity index (χ1v) is 10.9. The van der Waals surface area contributed by atoms with Crippen molar-refractivity contribution in [2.24, 2.45) is 0 Å².